The molecular weight excluding hydrogens is 961 g/mol. The normalized spacial score (nSPS) is 13.3. The van der Waals surface area contributed by atoms with Gasteiger partial charge in [-0.15, -0.1) is 0 Å². The van der Waals surface area contributed by atoms with E-state index < -0.39 is 17.7 Å². The number of quaternary nitrogens is 1. The molecule has 0 radical (unpaired) electrons. The molecule has 0 aromatic rings. The number of hydrogen-bond donors (Lipinski definition) is 9. The van der Waals surface area contributed by atoms with E-state index in [0.29, 0.717) is 71.2 Å². The van der Waals surface area contributed by atoms with E-state index in [1.807, 2.05) is 55.4 Å². The largest absolute Gasteiger partial charge is 0.481 e. The monoisotopic (exact) mass is 1070 g/mol. The second kappa shape index (κ2) is 47.9. The zero-order valence-electron chi connectivity index (χ0n) is 50.0. The van der Waals surface area contributed by atoms with Gasteiger partial charge in [0.2, 0.25) is 29.5 Å². The van der Waals surface area contributed by atoms with Crippen molar-refractivity contribution in [2.75, 3.05) is 52.4 Å². The molecule has 0 rings (SSSR count). The first-order chi connectivity index (χ1) is 35.0. The molecule has 0 aromatic heterocycles. The number of alkyl carbamates (subject to hydrolysis) is 1. The van der Waals surface area contributed by atoms with E-state index in [1.165, 1.54) is 0 Å². The first kappa shape index (κ1) is 77.0. The van der Waals surface area contributed by atoms with Crippen molar-refractivity contribution < 1.29 is 58.7 Å². The number of carboxylic acids is 1. The Kier molecular flexibility index (Phi) is 49.2. The molecule has 0 saturated carbocycles. The summed E-state index contributed by atoms with van der Waals surface area (Å²) in [5.74, 6) is -1.59. The number of amides is 6. The van der Waals surface area contributed by atoms with E-state index in [1.54, 1.807) is 27.7 Å². The van der Waals surface area contributed by atoms with Crippen LogP contribution in [0.4, 0.5) is 4.79 Å². The predicted octanol–water partition coefficient (Wildman–Crippen LogP) is 7.19. The Morgan fingerprint density at radius 1 is 0.440 bits per heavy atom. The van der Waals surface area contributed by atoms with Gasteiger partial charge in [-0.25, -0.2) is 4.79 Å². The molecule has 0 saturated heterocycles. The van der Waals surface area contributed by atoms with Crippen molar-refractivity contribution in [2.45, 2.75) is 224 Å². The van der Waals surface area contributed by atoms with Crippen LogP contribution >= 0.6 is 0 Å². The molecule has 0 heterocycles. The Balaban J connectivity index is -0.000000468. The number of nitrogens with one attached hydrogen (secondary N) is 6. The maximum absolute atomic E-state index is 12.1. The Bertz CT molecular complexity index is 1540. The fourth-order valence-electron chi connectivity index (χ4n) is 6.42. The molecule has 0 aliphatic carbocycles. The Morgan fingerprint density at radius 3 is 1.01 bits per heavy atom. The summed E-state index contributed by atoms with van der Waals surface area (Å²) in [7, 11) is 0. The van der Waals surface area contributed by atoms with E-state index in [-0.39, 0.29) is 76.6 Å². The highest BCUT2D eigenvalue weighted by Crippen LogP contribution is 2.16. The quantitative estimate of drug-likeness (QED) is 0.0225. The van der Waals surface area contributed by atoms with Crippen LogP contribution in [-0.4, -0.2) is 116 Å². The first-order valence-corrected chi connectivity index (χ1v) is 28.3. The zero-order chi connectivity index (χ0) is 58.4. The molecule has 6 atom stereocenters. The van der Waals surface area contributed by atoms with Crippen LogP contribution in [0.5, 0.6) is 0 Å². The lowest BCUT2D eigenvalue weighted by Crippen LogP contribution is -2.55. The summed E-state index contributed by atoms with van der Waals surface area (Å²) in [6, 6.07) is 0. The second-order valence-electron chi connectivity index (χ2n) is 21.8. The van der Waals surface area contributed by atoms with Crippen LogP contribution in [0.15, 0.2) is 0 Å². The molecule has 19 nitrogen and oxygen atoms in total. The Labute approximate surface area is 454 Å². The van der Waals surface area contributed by atoms with Crippen molar-refractivity contribution in [1.82, 2.24) is 31.9 Å². The van der Waals surface area contributed by atoms with Gasteiger partial charge in [-0.1, -0.05) is 101 Å². The second-order valence-corrected chi connectivity index (χ2v) is 21.8. The first-order valence-electron chi connectivity index (χ1n) is 28.3. The number of hydrogen-bond acceptors (Lipinski definition) is 11. The molecule has 442 valence electrons. The minimum atomic E-state index is -0.791. The van der Waals surface area contributed by atoms with Gasteiger partial charge in [0.1, 0.15) is 11.2 Å². The van der Waals surface area contributed by atoms with Gasteiger partial charge in [-0.2, -0.15) is 0 Å². The third-order valence-corrected chi connectivity index (χ3v) is 11.6. The zero-order valence-corrected chi connectivity index (χ0v) is 50.0. The van der Waals surface area contributed by atoms with Crippen LogP contribution in [0.3, 0.4) is 0 Å². The third-order valence-electron chi connectivity index (χ3n) is 11.6. The van der Waals surface area contributed by atoms with Gasteiger partial charge < -0.3 is 57.9 Å². The number of ether oxygens (including phenoxy) is 2. The van der Waals surface area contributed by atoms with Gasteiger partial charge in [0.25, 0.3) is 0 Å². The smallest absolute Gasteiger partial charge is 0.407 e. The molecule has 0 unspecified atom stereocenters. The lowest BCUT2D eigenvalue weighted by Gasteiger charge is -2.20. The van der Waals surface area contributed by atoms with Crippen molar-refractivity contribution >= 4 is 47.6 Å². The molecule has 0 spiro atoms. The Hall–Kier alpha value is -4.52. The topological polar surface area (TPSA) is 301 Å². The molecular formula is C56H113N8O11+. The van der Waals surface area contributed by atoms with Crippen molar-refractivity contribution in [3.8, 4) is 0 Å². The van der Waals surface area contributed by atoms with Gasteiger partial charge in [0, 0.05) is 68.7 Å². The van der Waals surface area contributed by atoms with Gasteiger partial charge in [0.05, 0.1) is 19.0 Å². The van der Waals surface area contributed by atoms with Crippen LogP contribution in [0.25, 0.3) is 0 Å². The summed E-state index contributed by atoms with van der Waals surface area (Å²) in [6.07, 6.45) is 14.5. The molecule has 0 aromatic carbocycles. The van der Waals surface area contributed by atoms with Gasteiger partial charge in [0.15, 0.2) is 0 Å². The van der Waals surface area contributed by atoms with E-state index in [4.69, 9.17) is 20.3 Å². The highest BCUT2D eigenvalue weighted by molar-refractivity contribution is 5.80. The summed E-state index contributed by atoms with van der Waals surface area (Å²) in [4.78, 5) is 92.3. The number of rotatable bonds is 35. The van der Waals surface area contributed by atoms with Crippen molar-refractivity contribution in [3.05, 3.63) is 0 Å². The van der Waals surface area contributed by atoms with E-state index in [2.05, 4.69) is 58.4 Å². The third kappa shape index (κ3) is 52.7. The number of esters is 1. The number of aliphatic carboxylic acids is 1. The maximum Gasteiger partial charge on any atom is 0.407 e. The van der Waals surface area contributed by atoms with Gasteiger partial charge >= 0.3 is 18.0 Å². The fraction of sp³-hybridized carbons (Fsp3) is 0.857. The van der Waals surface area contributed by atoms with Crippen molar-refractivity contribution in [3.63, 3.8) is 0 Å². The minimum absolute atomic E-state index is 0.0280. The molecule has 12 N–H and O–H groups in total. The molecule has 0 fully saturated rings. The van der Waals surface area contributed by atoms with Crippen LogP contribution in [0, 0.1) is 35.5 Å². The number of carbonyl (C=O) groups is 8. The van der Waals surface area contributed by atoms with Crippen LogP contribution in [-0.2, 0) is 43.0 Å². The Morgan fingerprint density at radius 2 is 0.733 bits per heavy atom. The molecule has 0 aliphatic rings. The van der Waals surface area contributed by atoms with E-state index >= 15 is 0 Å². The maximum atomic E-state index is 12.1. The molecule has 6 amide bonds. The van der Waals surface area contributed by atoms with Crippen LogP contribution in [0.1, 0.15) is 213 Å². The van der Waals surface area contributed by atoms with Crippen molar-refractivity contribution in [2.24, 2.45) is 41.2 Å². The summed E-state index contributed by atoms with van der Waals surface area (Å²) < 4.78 is 10.2. The summed E-state index contributed by atoms with van der Waals surface area (Å²) in [5.41, 5.74) is 8.01. The minimum Gasteiger partial charge on any atom is -0.481 e. The fourth-order valence-corrected chi connectivity index (χ4v) is 6.42. The summed E-state index contributed by atoms with van der Waals surface area (Å²) in [6.45, 7) is 33.2. The molecule has 0 bridgehead atoms. The number of unbranched alkanes of at least 4 members (excludes halogenated alkanes) is 6. The summed E-state index contributed by atoms with van der Waals surface area (Å²) in [5, 5.41) is 25.7. The molecule has 75 heavy (non-hydrogen) atoms. The number of nitrogens with two attached hydrogens (primary N) is 1. The highest BCUT2D eigenvalue weighted by atomic mass is 16.6. The molecule has 19 heteroatoms. The standard InChI is InChI=1S/C20H39N3O4.C15H31N3O2.C13H25NO3.C8H17NO2/c1-7-8-9-12-21-17(24)15(2)10-11-16(3)18(25)22-13-14-23-19(26)27-20(4,5)6;1-4-5-6-10-17-14(19)12(2)7-8-13(3)15(20)18-11-9-16;1-4-5-6-9-14-12(15)10(2)7-8-11(3)13(16)17;1-8(2,3)11-7(10)5-4-6-9/h15-16H,7-14H2,1-6H3,(H,21,24)(H,22,25)(H,23,26);12-13H,4-11,16H2,1-3H3,(H,17,19)(H,18,20);10-11H,4-9H2,1-3H3,(H,14,15)(H,16,17);4-6,9H2,1-3H3/p+1/t15-,16-;12-,13-;10-,11-;/m000./s1. The number of carbonyl (C=O) groups excluding carboxylic acids is 7. The number of carboxylic acid groups (broad SMARTS) is 1. The highest BCUT2D eigenvalue weighted by Gasteiger charge is 2.21. The summed E-state index contributed by atoms with van der Waals surface area (Å²) >= 11 is 0. The van der Waals surface area contributed by atoms with Crippen LogP contribution < -0.4 is 43.4 Å². The van der Waals surface area contributed by atoms with E-state index in [9.17, 15) is 38.4 Å². The lowest BCUT2D eigenvalue weighted by molar-refractivity contribution is -0.364. The lowest BCUT2D eigenvalue weighted by atomic mass is 9.97. The molecule has 0 aliphatic heterocycles. The predicted molar refractivity (Wildman–Crippen MR) is 300 cm³/mol. The SMILES string of the molecule is CC(C)(C)OC(=O)CCCN.CCCCCNC(=O)[C@@H](C)CC[C@H](C)C(=O)NCCNC(=O)OC(C)(C)C.CCCCCNC(=O)[C@@H](C)CC[C@H](C)C(=O)NCC[NH3+].CCCCCNC(=O)[C@@H](C)CC[C@H](C)C(=O)O. The average molecular weight is 1070 g/mol. The van der Waals surface area contributed by atoms with Gasteiger partial charge in [-0.05, 0) is 112 Å². The van der Waals surface area contributed by atoms with Crippen LogP contribution in [0.2, 0.25) is 0 Å². The van der Waals surface area contributed by atoms with Crippen molar-refractivity contribution in [1.29, 1.82) is 0 Å². The van der Waals surface area contributed by atoms with Gasteiger partial charge in [-0.3, -0.25) is 33.6 Å². The average Bonchev–Trinajstić information content (AvgIpc) is 3.34. The van der Waals surface area contributed by atoms with E-state index in [0.717, 1.165) is 90.3 Å².